The molecule has 3 rings (SSSR count). The number of amides is 1. The topological polar surface area (TPSA) is 64.4 Å². The smallest absolute Gasteiger partial charge is 0.245 e. The summed E-state index contributed by atoms with van der Waals surface area (Å²) in [4.78, 5) is 14.6. The van der Waals surface area contributed by atoms with E-state index in [4.69, 9.17) is 9.47 Å². The van der Waals surface area contributed by atoms with Crippen molar-refractivity contribution < 1.29 is 19.2 Å². The molecule has 7 heteroatoms. The molecule has 0 unspecified atom stereocenters. The van der Waals surface area contributed by atoms with Gasteiger partial charge in [0.25, 0.3) is 0 Å². The van der Waals surface area contributed by atoms with Crippen molar-refractivity contribution in [2.24, 2.45) is 5.10 Å². The minimum absolute atomic E-state index is 0.0982. The number of rotatable bonds is 9. The number of ether oxygens (including phenoxy) is 2. The number of benzene rings is 1. The Morgan fingerprint density at radius 1 is 1.25 bits per heavy atom. The van der Waals surface area contributed by atoms with Gasteiger partial charge in [0, 0.05) is 4.88 Å². The van der Waals surface area contributed by atoms with E-state index in [9.17, 15) is 4.79 Å². The third-order valence-corrected chi connectivity index (χ3v) is 5.55. The highest BCUT2D eigenvalue weighted by atomic mass is 32.1. The van der Waals surface area contributed by atoms with Gasteiger partial charge in [-0.15, -0.1) is 11.3 Å². The molecule has 1 aliphatic rings. The molecule has 1 aromatic heterocycles. The Bertz CT molecular complexity index is 754. The SMILES string of the molecule is CC/C(=N\NC(=O)Cc1cccs1)c1ccc(OCC[NH+]2CCOCC2)cc1. The van der Waals surface area contributed by atoms with Crippen LogP contribution in [0.2, 0.25) is 0 Å². The van der Waals surface area contributed by atoms with Crippen LogP contribution in [0.3, 0.4) is 0 Å². The number of morpholine rings is 1. The summed E-state index contributed by atoms with van der Waals surface area (Å²) in [6.45, 7) is 7.50. The Balaban J connectivity index is 1.47. The summed E-state index contributed by atoms with van der Waals surface area (Å²) in [7, 11) is 0. The number of carbonyl (C=O) groups is 1. The van der Waals surface area contributed by atoms with E-state index in [0.717, 1.165) is 61.2 Å². The van der Waals surface area contributed by atoms with Gasteiger partial charge in [0.15, 0.2) is 0 Å². The first-order valence-corrected chi connectivity index (χ1v) is 10.6. The lowest BCUT2D eigenvalue weighted by Gasteiger charge is -2.23. The Morgan fingerprint density at radius 3 is 2.71 bits per heavy atom. The van der Waals surface area contributed by atoms with Crippen LogP contribution < -0.4 is 15.1 Å². The highest BCUT2D eigenvalue weighted by molar-refractivity contribution is 7.10. The molecule has 1 fully saturated rings. The average Bonchev–Trinajstić information content (AvgIpc) is 3.23. The van der Waals surface area contributed by atoms with Crippen LogP contribution in [0.1, 0.15) is 23.8 Å². The van der Waals surface area contributed by atoms with Gasteiger partial charge in [0.1, 0.15) is 32.0 Å². The predicted octanol–water partition coefficient (Wildman–Crippen LogP) is 1.52. The molecule has 0 atom stereocenters. The second-order valence-corrected chi connectivity index (χ2v) is 7.72. The van der Waals surface area contributed by atoms with Gasteiger partial charge in [-0.25, -0.2) is 5.43 Å². The van der Waals surface area contributed by atoms with E-state index in [1.807, 2.05) is 48.7 Å². The van der Waals surface area contributed by atoms with Gasteiger partial charge in [-0.05, 0) is 47.7 Å². The number of hydrogen-bond acceptors (Lipinski definition) is 5. The fourth-order valence-corrected chi connectivity index (χ4v) is 3.76. The minimum atomic E-state index is -0.0982. The Hall–Kier alpha value is -2.22. The second-order valence-electron chi connectivity index (χ2n) is 6.69. The summed E-state index contributed by atoms with van der Waals surface area (Å²) in [6.07, 6.45) is 1.09. The molecule has 150 valence electrons. The number of quaternary nitrogens is 1. The Kier molecular flexibility index (Phi) is 8.02. The number of carbonyl (C=O) groups excluding carboxylic acids is 1. The first-order chi connectivity index (χ1) is 13.7. The molecule has 2 N–H and O–H groups in total. The van der Waals surface area contributed by atoms with Crippen molar-refractivity contribution in [3.05, 3.63) is 52.2 Å². The molecule has 1 aromatic carbocycles. The standard InChI is InChI=1S/C21H27N3O3S/c1-2-20(22-23-21(25)16-19-4-3-15-28-19)17-5-7-18(8-6-17)27-14-11-24-9-12-26-13-10-24/h3-8,15H,2,9-14,16H2,1H3,(H,23,25)/p+1/b22-20+. The quantitative estimate of drug-likeness (QED) is 0.494. The van der Waals surface area contributed by atoms with Crippen molar-refractivity contribution in [3.63, 3.8) is 0 Å². The maximum Gasteiger partial charge on any atom is 0.245 e. The molecule has 0 radical (unpaired) electrons. The third-order valence-electron chi connectivity index (χ3n) is 4.68. The second kappa shape index (κ2) is 10.9. The van der Waals surface area contributed by atoms with Gasteiger partial charge >= 0.3 is 0 Å². The van der Waals surface area contributed by atoms with Crippen LogP contribution in [0.15, 0.2) is 46.9 Å². The predicted molar refractivity (Wildman–Crippen MR) is 111 cm³/mol. The highest BCUT2D eigenvalue weighted by Gasteiger charge is 2.13. The van der Waals surface area contributed by atoms with Crippen LogP contribution in [0, 0.1) is 0 Å². The van der Waals surface area contributed by atoms with Crippen LogP contribution in [0.5, 0.6) is 5.75 Å². The first kappa shape index (κ1) is 20.5. The van der Waals surface area contributed by atoms with Crippen LogP contribution in [-0.4, -0.2) is 51.1 Å². The molecule has 1 aliphatic heterocycles. The van der Waals surface area contributed by atoms with E-state index < -0.39 is 0 Å². The molecule has 0 aliphatic carbocycles. The molecular formula is C21H28N3O3S+. The van der Waals surface area contributed by atoms with E-state index in [2.05, 4.69) is 10.5 Å². The van der Waals surface area contributed by atoms with Gasteiger partial charge in [-0.2, -0.15) is 5.10 Å². The Labute approximate surface area is 170 Å². The van der Waals surface area contributed by atoms with E-state index in [1.54, 1.807) is 11.3 Å². The van der Waals surface area contributed by atoms with Crippen molar-refractivity contribution >= 4 is 23.0 Å². The number of hydrogen-bond donors (Lipinski definition) is 2. The lowest BCUT2D eigenvalue weighted by Crippen LogP contribution is -3.14. The lowest BCUT2D eigenvalue weighted by atomic mass is 10.1. The molecule has 6 nitrogen and oxygen atoms in total. The highest BCUT2D eigenvalue weighted by Crippen LogP contribution is 2.14. The molecule has 0 spiro atoms. The summed E-state index contributed by atoms with van der Waals surface area (Å²) in [5.41, 5.74) is 4.51. The first-order valence-electron chi connectivity index (χ1n) is 9.77. The normalized spacial score (nSPS) is 15.4. The van der Waals surface area contributed by atoms with Crippen LogP contribution in [0.25, 0.3) is 0 Å². The summed E-state index contributed by atoms with van der Waals surface area (Å²) in [6, 6.07) is 11.8. The number of nitrogens with zero attached hydrogens (tertiary/aromatic N) is 1. The number of nitrogens with one attached hydrogen (secondary N) is 2. The molecule has 2 aromatic rings. The molecule has 1 amide bonds. The summed E-state index contributed by atoms with van der Waals surface area (Å²) < 4.78 is 11.2. The van der Waals surface area contributed by atoms with Gasteiger partial charge in [0.05, 0.1) is 25.3 Å². The summed E-state index contributed by atoms with van der Waals surface area (Å²) in [5, 5.41) is 6.28. The largest absolute Gasteiger partial charge is 0.488 e. The van der Waals surface area contributed by atoms with Crippen LogP contribution in [-0.2, 0) is 16.0 Å². The zero-order chi connectivity index (χ0) is 19.6. The van der Waals surface area contributed by atoms with Crippen molar-refractivity contribution in [2.45, 2.75) is 19.8 Å². The molecule has 0 bridgehead atoms. The molecular weight excluding hydrogens is 374 g/mol. The van der Waals surface area contributed by atoms with Crippen molar-refractivity contribution in [2.75, 3.05) is 39.5 Å². The monoisotopic (exact) mass is 402 g/mol. The van der Waals surface area contributed by atoms with E-state index in [0.29, 0.717) is 13.0 Å². The van der Waals surface area contributed by atoms with Gasteiger partial charge < -0.3 is 14.4 Å². The lowest BCUT2D eigenvalue weighted by molar-refractivity contribution is -0.908. The van der Waals surface area contributed by atoms with E-state index >= 15 is 0 Å². The summed E-state index contributed by atoms with van der Waals surface area (Å²) in [5.74, 6) is 0.757. The molecule has 28 heavy (non-hydrogen) atoms. The van der Waals surface area contributed by atoms with Gasteiger partial charge in [-0.1, -0.05) is 13.0 Å². The zero-order valence-electron chi connectivity index (χ0n) is 16.3. The van der Waals surface area contributed by atoms with Gasteiger partial charge in [0.2, 0.25) is 5.91 Å². The maximum absolute atomic E-state index is 12.0. The average molecular weight is 403 g/mol. The zero-order valence-corrected chi connectivity index (χ0v) is 17.1. The van der Waals surface area contributed by atoms with Crippen LogP contribution in [0.4, 0.5) is 0 Å². The van der Waals surface area contributed by atoms with Gasteiger partial charge in [-0.3, -0.25) is 4.79 Å². The summed E-state index contributed by atoms with van der Waals surface area (Å²) >= 11 is 1.57. The molecule has 0 saturated carbocycles. The van der Waals surface area contributed by atoms with Crippen LogP contribution >= 0.6 is 11.3 Å². The van der Waals surface area contributed by atoms with E-state index in [1.165, 1.54) is 4.90 Å². The van der Waals surface area contributed by atoms with Crippen molar-refractivity contribution in [1.82, 2.24) is 5.43 Å². The third kappa shape index (κ3) is 6.44. The number of hydrazone groups is 1. The maximum atomic E-state index is 12.0. The fraction of sp³-hybridized carbons (Fsp3) is 0.429. The van der Waals surface area contributed by atoms with Crippen molar-refractivity contribution in [3.8, 4) is 5.75 Å². The molecule has 1 saturated heterocycles. The molecule has 2 heterocycles. The Morgan fingerprint density at radius 2 is 2.04 bits per heavy atom. The fourth-order valence-electron chi connectivity index (χ4n) is 3.06. The minimum Gasteiger partial charge on any atom is -0.488 e. The van der Waals surface area contributed by atoms with E-state index in [-0.39, 0.29) is 5.91 Å². The van der Waals surface area contributed by atoms with Crippen molar-refractivity contribution in [1.29, 1.82) is 0 Å². The number of thiophene rings is 1.